The lowest BCUT2D eigenvalue weighted by atomic mass is 10.1. The van der Waals surface area contributed by atoms with Crippen LogP contribution in [0, 0.1) is 11.3 Å². The lowest BCUT2D eigenvalue weighted by Gasteiger charge is -2.21. The molecule has 1 amide bonds. The van der Waals surface area contributed by atoms with Crippen molar-refractivity contribution in [2.75, 3.05) is 7.05 Å². The Bertz CT molecular complexity index is 1430. The minimum absolute atomic E-state index is 0.0111. The van der Waals surface area contributed by atoms with Crippen LogP contribution in [0.2, 0.25) is 4.34 Å². The van der Waals surface area contributed by atoms with E-state index in [-0.39, 0.29) is 25.0 Å². The van der Waals surface area contributed by atoms with Crippen LogP contribution in [0.4, 0.5) is 35.1 Å². The van der Waals surface area contributed by atoms with E-state index in [1.165, 1.54) is 18.0 Å². The number of aromatic nitrogens is 4. The van der Waals surface area contributed by atoms with Crippen molar-refractivity contribution in [1.82, 2.24) is 24.5 Å². The third kappa shape index (κ3) is 4.33. The fraction of sp³-hybridized carbons (Fsp3) is 0.400. The van der Waals surface area contributed by atoms with Gasteiger partial charge >= 0.3 is 18.3 Å². The molecule has 1 saturated carbocycles. The zero-order valence-electron chi connectivity index (χ0n) is 18.5. The number of nitrogens with zero attached hydrogens (tertiary/aromatic N) is 6. The number of aryl methyl sites for hydroxylation is 1. The molecule has 0 N–H and O–H groups in total. The maximum absolute atomic E-state index is 13.9. The summed E-state index contributed by atoms with van der Waals surface area (Å²) in [6, 6.07) is 3.37. The van der Waals surface area contributed by atoms with Crippen molar-refractivity contribution in [2.24, 2.45) is 7.05 Å². The van der Waals surface area contributed by atoms with Crippen molar-refractivity contribution in [2.45, 2.75) is 36.7 Å². The first-order valence-electron chi connectivity index (χ1n) is 10.1. The Labute approximate surface area is 211 Å². The van der Waals surface area contributed by atoms with Gasteiger partial charge in [-0.3, -0.25) is 4.79 Å². The minimum Gasteiger partial charge on any atom is -0.323 e. The molecule has 0 radical (unpaired) electrons. The van der Waals surface area contributed by atoms with Gasteiger partial charge in [0, 0.05) is 30.7 Å². The van der Waals surface area contributed by atoms with Gasteiger partial charge in [-0.1, -0.05) is 11.6 Å². The number of thiophene rings is 1. The quantitative estimate of drug-likeness (QED) is 0.363. The molecule has 37 heavy (non-hydrogen) atoms. The van der Waals surface area contributed by atoms with Crippen molar-refractivity contribution in [3.05, 3.63) is 39.6 Å². The number of rotatable bonds is 5. The van der Waals surface area contributed by atoms with Gasteiger partial charge in [-0.25, -0.2) is 9.36 Å². The highest BCUT2D eigenvalue weighted by molar-refractivity contribution is 7.19. The van der Waals surface area contributed by atoms with Crippen LogP contribution in [-0.2, 0) is 19.1 Å². The molecular weight excluding hydrogens is 560 g/mol. The van der Waals surface area contributed by atoms with Gasteiger partial charge in [0.2, 0.25) is 0 Å². The Hall–Kier alpha value is -3.19. The minimum atomic E-state index is -6.33. The van der Waals surface area contributed by atoms with Crippen LogP contribution in [0.5, 0.6) is 0 Å². The molecule has 3 aromatic heterocycles. The second-order valence-electron chi connectivity index (χ2n) is 8.22. The van der Waals surface area contributed by atoms with Crippen LogP contribution in [0.3, 0.4) is 0 Å². The van der Waals surface area contributed by atoms with Crippen LogP contribution < -0.4 is 0 Å². The average Bonchev–Trinajstić information content (AvgIpc) is 3.08. The van der Waals surface area contributed by atoms with Crippen LogP contribution >= 0.6 is 22.9 Å². The SMILES string of the molecule is CN(C(=O)c1cc(-c2cnn(-c3c(C(F)(F)F)c(C(F)(F)C(F)(F)F)nn3C)c2)sc1Cl)C1(C#N)CC1. The molecule has 3 aromatic rings. The first kappa shape index (κ1) is 26.9. The molecule has 7 nitrogen and oxygen atoms in total. The molecule has 4 rings (SSSR count). The number of hydrogen-bond acceptors (Lipinski definition) is 5. The summed E-state index contributed by atoms with van der Waals surface area (Å²) in [5.74, 6) is -7.64. The van der Waals surface area contributed by atoms with E-state index in [0.717, 1.165) is 30.8 Å². The molecule has 0 aliphatic heterocycles. The van der Waals surface area contributed by atoms with E-state index < -0.39 is 46.8 Å². The second-order valence-corrected chi connectivity index (χ2v) is 9.87. The molecule has 1 fully saturated rings. The maximum Gasteiger partial charge on any atom is 0.459 e. The summed E-state index contributed by atoms with van der Waals surface area (Å²) in [6.45, 7) is 0. The fourth-order valence-corrected chi connectivity index (χ4v) is 4.87. The Morgan fingerprint density at radius 3 is 2.35 bits per heavy atom. The monoisotopic (exact) mass is 572 g/mol. The predicted molar refractivity (Wildman–Crippen MR) is 113 cm³/mol. The Kier molecular flexibility index (Phi) is 6.11. The van der Waals surface area contributed by atoms with E-state index in [0.29, 0.717) is 17.5 Å². The van der Waals surface area contributed by atoms with E-state index >= 15 is 0 Å². The van der Waals surface area contributed by atoms with Crippen LogP contribution in [0.1, 0.15) is 34.5 Å². The van der Waals surface area contributed by atoms with Gasteiger partial charge in [0.15, 0.2) is 11.5 Å². The van der Waals surface area contributed by atoms with Crippen LogP contribution in [-0.4, -0.2) is 49.1 Å². The van der Waals surface area contributed by atoms with Crippen molar-refractivity contribution in [3.8, 4) is 22.3 Å². The molecule has 198 valence electrons. The molecule has 3 heterocycles. The van der Waals surface area contributed by atoms with Gasteiger partial charge in [-0.05, 0) is 18.9 Å². The molecule has 17 heteroatoms. The maximum atomic E-state index is 13.9. The van der Waals surface area contributed by atoms with Crippen molar-refractivity contribution >= 4 is 28.8 Å². The highest BCUT2D eigenvalue weighted by Gasteiger charge is 2.64. The lowest BCUT2D eigenvalue weighted by Crippen LogP contribution is -2.37. The van der Waals surface area contributed by atoms with Gasteiger partial charge in [0.25, 0.3) is 5.91 Å². The van der Waals surface area contributed by atoms with Gasteiger partial charge in [-0.2, -0.15) is 50.6 Å². The predicted octanol–water partition coefficient (Wildman–Crippen LogP) is 5.79. The topological polar surface area (TPSA) is 79.7 Å². The summed E-state index contributed by atoms with van der Waals surface area (Å²) in [6.07, 6.45) is -9.05. The number of amides is 1. The molecule has 1 aliphatic carbocycles. The molecule has 0 aromatic carbocycles. The first-order valence-corrected chi connectivity index (χ1v) is 11.3. The summed E-state index contributed by atoms with van der Waals surface area (Å²) in [4.78, 5) is 14.3. The van der Waals surface area contributed by atoms with Crippen LogP contribution in [0.25, 0.3) is 16.3 Å². The second kappa shape index (κ2) is 8.42. The number of nitriles is 1. The van der Waals surface area contributed by atoms with E-state index in [4.69, 9.17) is 11.6 Å². The van der Waals surface area contributed by atoms with E-state index in [1.807, 2.05) is 0 Å². The zero-order chi connectivity index (χ0) is 27.7. The van der Waals surface area contributed by atoms with Gasteiger partial charge in [-0.15, -0.1) is 11.3 Å². The van der Waals surface area contributed by atoms with Crippen molar-refractivity contribution < 1.29 is 39.9 Å². The third-order valence-electron chi connectivity index (χ3n) is 5.83. The fourth-order valence-electron chi connectivity index (χ4n) is 3.63. The van der Waals surface area contributed by atoms with Gasteiger partial charge < -0.3 is 4.90 Å². The number of carbonyl (C=O) groups is 1. The standard InChI is InChI=1S/C20H13ClF8N6OS/c1-33(17(8-30)3-4-17)16(36)10-5-11(37-14(10)21)9-6-31-35(7-9)15-12(19(24,25)26)13(32-34(15)2)18(22,23)20(27,28)29/h5-7H,3-4H2,1-2H3. The Balaban J connectivity index is 1.76. The molecule has 0 spiro atoms. The Morgan fingerprint density at radius 2 is 1.84 bits per heavy atom. The Morgan fingerprint density at radius 1 is 1.22 bits per heavy atom. The summed E-state index contributed by atoms with van der Waals surface area (Å²) >= 11 is 7.04. The van der Waals surface area contributed by atoms with E-state index in [9.17, 15) is 45.2 Å². The number of carbonyl (C=O) groups excluding carboxylic acids is 1. The average molecular weight is 573 g/mol. The molecular formula is C20H13ClF8N6OS. The molecule has 0 saturated heterocycles. The highest BCUT2D eigenvalue weighted by Crippen LogP contribution is 2.49. The van der Waals surface area contributed by atoms with Gasteiger partial charge in [0.05, 0.1) is 17.8 Å². The molecule has 1 aliphatic rings. The van der Waals surface area contributed by atoms with E-state index in [2.05, 4.69) is 16.3 Å². The molecule has 0 unspecified atom stereocenters. The summed E-state index contributed by atoms with van der Waals surface area (Å²) < 4.78 is 108. The number of hydrogen-bond donors (Lipinski definition) is 0. The molecule has 0 atom stereocenters. The van der Waals surface area contributed by atoms with Gasteiger partial charge in [0.1, 0.15) is 15.4 Å². The number of halogens is 9. The zero-order valence-corrected chi connectivity index (χ0v) is 20.1. The third-order valence-corrected chi connectivity index (χ3v) is 7.24. The normalized spacial score (nSPS) is 15.5. The highest BCUT2D eigenvalue weighted by atomic mass is 35.5. The van der Waals surface area contributed by atoms with Crippen molar-refractivity contribution in [3.63, 3.8) is 0 Å². The van der Waals surface area contributed by atoms with Crippen LogP contribution in [0.15, 0.2) is 18.5 Å². The smallest absolute Gasteiger partial charge is 0.323 e. The summed E-state index contributed by atoms with van der Waals surface area (Å²) in [7, 11) is 2.19. The van der Waals surface area contributed by atoms with E-state index in [1.54, 1.807) is 0 Å². The number of alkyl halides is 8. The summed E-state index contributed by atoms with van der Waals surface area (Å²) in [5.41, 5.74) is -5.66. The van der Waals surface area contributed by atoms with Crippen molar-refractivity contribution in [1.29, 1.82) is 5.26 Å². The molecule has 0 bridgehead atoms. The first-order chi connectivity index (χ1) is 16.9. The summed E-state index contributed by atoms with van der Waals surface area (Å²) in [5, 5.41) is 15.8. The largest absolute Gasteiger partial charge is 0.459 e. The lowest BCUT2D eigenvalue weighted by molar-refractivity contribution is -0.292.